The highest BCUT2D eigenvalue weighted by Gasteiger charge is 2.10. The van der Waals surface area contributed by atoms with Crippen molar-refractivity contribution in [3.63, 3.8) is 0 Å². The first-order chi connectivity index (χ1) is 7.68. The minimum atomic E-state index is -0.306. The normalized spacial score (nSPS) is 12.9. The van der Waals surface area contributed by atoms with Crippen LogP contribution in [0.1, 0.15) is 13.3 Å². The van der Waals surface area contributed by atoms with Crippen molar-refractivity contribution in [2.24, 2.45) is 0 Å². The van der Waals surface area contributed by atoms with Gasteiger partial charge < -0.3 is 10.0 Å². The number of hydrogen-bond donors (Lipinski definition) is 1. The van der Waals surface area contributed by atoms with Crippen LogP contribution >= 0.6 is 0 Å². The molecule has 0 aliphatic carbocycles. The second kappa shape index (κ2) is 4.44. The van der Waals surface area contributed by atoms with Crippen LogP contribution in [0.2, 0.25) is 0 Å². The summed E-state index contributed by atoms with van der Waals surface area (Å²) in [6, 6.07) is 0. The summed E-state index contributed by atoms with van der Waals surface area (Å²) in [6.07, 6.45) is 5.56. The van der Waals surface area contributed by atoms with Gasteiger partial charge in [0.1, 0.15) is 6.33 Å². The molecule has 0 bridgehead atoms. The van der Waals surface area contributed by atoms with Crippen LogP contribution in [0.25, 0.3) is 5.65 Å². The molecule has 86 valence electrons. The molecule has 6 nitrogen and oxygen atoms in total. The highest BCUT2D eigenvalue weighted by Crippen LogP contribution is 2.14. The van der Waals surface area contributed by atoms with Gasteiger partial charge in [-0.3, -0.25) is 4.40 Å². The molecule has 0 spiro atoms. The van der Waals surface area contributed by atoms with Gasteiger partial charge in [-0.15, -0.1) is 10.2 Å². The number of hydrogen-bond acceptors (Lipinski definition) is 5. The van der Waals surface area contributed by atoms with Gasteiger partial charge in [-0.25, -0.2) is 4.98 Å². The lowest BCUT2D eigenvalue weighted by molar-refractivity contribution is 0.187. The van der Waals surface area contributed by atoms with E-state index in [1.165, 1.54) is 0 Å². The van der Waals surface area contributed by atoms with Gasteiger partial charge in [0.15, 0.2) is 5.82 Å². The van der Waals surface area contributed by atoms with Crippen LogP contribution < -0.4 is 4.90 Å². The molecule has 1 unspecified atom stereocenters. The summed E-state index contributed by atoms with van der Waals surface area (Å²) in [6.45, 7) is 2.51. The lowest BCUT2D eigenvalue weighted by Crippen LogP contribution is -2.23. The fourth-order valence-electron chi connectivity index (χ4n) is 1.50. The van der Waals surface area contributed by atoms with E-state index in [2.05, 4.69) is 15.2 Å². The summed E-state index contributed by atoms with van der Waals surface area (Å²) >= 11 is 0. The van der Waals surface area contributed by atoms with E-state index in [1.54, 1.807) is 25.6 Å². The zero-order chi connectivity index (χ0) is 11.5. The molecule has 2 heterocycles. The van der Waals surface area contributed by atoms with E-state index in [0.29, 0.717) is 6.42 Å². The molecule has 0 saturated carbocycles. The van der Waals surface area contributed by atoms with Crippen molar-refractivity contribution in [1.82, 2.24) is 19.6 Å². The number of fused-ring (bicyclic) bond motifs is 1. The van der Waals surface area contributed by atoms with Crippen molar-refractivity contribution in [3.05, 3.63) is 18.7 Å². The molecule has 16 heavy (non-hydrogen) atoms. The van der Waals surface area contributed by atoms with E-state index >= 15 is 0 Å². The Morgan fingerprint density at radius 1 is 1.56 bits per heavy atom. The third-order valence-electron chi connectivity index (χ3n) is 2.44. The molecule has 0 amide bonds. The number of aliphatic hydroxyl groups excluding tert-OH is 1. The van der Waals surface area contributed by atoms with Gasteiger partial charge in [-0.1, -0.05) is 0 Å². The average Bonchev–Trinajstić information content (AvgIpc) is 2.73. The molecule has 0 saturated heterocycles. The number of anilines is 1. The van der Waals surface area contributed by atoms with Crippen molar-refractivity contribution < 1.29 is 5.11 Å². The topological polar surface area (TPSA) is 66.5 Å². The number of rotatable bonds is 4. The molecule has 0 aromatic carbocycles. The molecule has 0 fully saturated rings. The Kier molecular flexibility index (Phi) is 3.00. The van der Waals surface area contributed by atoms with Crippen LogP contribution in [0.4, 0.5) is 5.82 Å². The standard InChI is InChI=1S/C10H15N5O/c1-8(16)3-5-14(2)9-10-13-12-7-15(10)6-4-11-9/h4,6-8,16H,3,5H2,1-2H3. The third-order valence-corrected chi connectivity index (χ3v) is 2.44. The van der Waals surface area contributed by atoms with Crippen LogP contribution in [0.5, 0.6) is 0 Å². The Hall–Kier alpha value is -1.69. The molecule has 0 aliphatic heterocycles. The maximum atomic E-state index is 9.24. The smallest absolute Gasteiger partial charge is 0.203 e. The quantitative estimate of drug-likeness (QED) is 0.806. The van der Waals surface area contributed by atoms with Gasteiger partial charge in [0.05, 0.1) is 6.10 Å². The molecule has 0 aliphatic rings. The monoisotopic (exact) mass is 221 g/mol. The maximum absolute atomic E-state index is 9.24. The van der Waals surface area contributed by atoms with Crippen LogP contribution in [-0.2, 0) is 0 Å². The van der Waals surface area contributed by atoms with Crippen molar-refractivity contribution >= 4 is 11.5 Å². The van der Waals surface area contributed by atoms with Gasteiger partial charge in [0, 0.05) is 26.0 Å². The largest absolute Gasteiger partial charge is 0.393 e. The van der Waals surface area contributed by atoms with Crippen LogP contribution in [0.15, 0.2) is 18.7 Å². The first kappa shape index (κ1) is 10.8. The molecule has 2 aromatic rings. The Labute approximate surface area is 93.6 Å². The summed E-state index contributed by atoms with van der Waals surface area (Å²) in [7, 11) is 1.93. The average molecular weight is 221 g/mol. The predicted octanol–water partition coefficient (Wildman–Crippen LogP) is 0.331. The number of nitrogens with zero attached hydrogens (tertiary/aromatic N) is 5. The van der Waals surface area contributed by atoms with Gasteiger partial charge in [0.25, 0.3) is 0 Å². The lowest BCUT2D eigenvalue weighted by Gasteiger charge is -2.18. The molecule has 6 heteroatoms. The summed E-state index contributed by atoms with van der Waals surface area (Å²) in [4.78, 5) is 6.25. The predicted molar refractivity (Wildman–Crippen MR) is 60.3 cm³/mol. The SMILES string of the molecule is CC(O)CCN(C)c1nccn2cnnc12. The van der Waals surface area contributed by atoms with Gasteiger partial charge in [-0.05, 0) is 13.3 Å². The van der Waals surface area contributed by atoms with E-state index in [4.69, 9.17) is 0 Å². The zero-order valence-corrected chi connectivity index (χ0v) is 9.41. The highest BCUT2D eigenvalue weighted by atomic mass is 16.3. The number of aromatic nitrogens is 4. The van der Waals surface area contributed by atoms with Crippen LogP contribution in [-0.4, -0.2) is 44.4 Å². The molecular weight excluding hydrogens is 206 g/mol. The van der Waals surface area contributed by atoms with Crippen molar-refractivity contribution in [3.8, 4) is 0 Å². The van der Waals surface area contributed by atoms with Crippen molar-refractivity contribution in [2.45, 2.75) is 19.4 Å². The molecule has 2 rings (SSSR count). The van der Waals surface area contributed by atoms with Crippen LogP contribution in [0.3, 0.4) is 0 Å². The summed E-state index contributed by atoms with van der Waals surface area (Å²) < 4.78 is 1.82. The molecule has 2 aromatic heterocycles. The van der Waals surface area contributed by atoms with Crippen LogP contribution in [0, 0.1) is 0 Å². The second-order valence-electron chi connectivity index (χ2n) is 3.87. The van der Waals surface area contributed by atoms with Gasteiger partial charge >= 0.3 is 0 Å². The minimum absolute atomic E-state index is 0.306. The fraction of sp³-hybridized carbons (Fsp3) is 0.500. The first-order valence-corrected chi connectivity index (χ1v) is 5.22. The second-order valence-corrected chi connectivity index (χ2v) is 3.87. The van der Waals surface area contributed by atoms with E-state index in [9.17, 15) is 5.11 Å². The number of aliphatic hydroxyl groups is 1. The zero-order valence-electron chi connectivity index (χ0n) is 9.41. The molecular formula is C10H15N5O. The van der Waals surface area contributed by atoms with E-state index < -0.39 is 0 Å². The van der Waals surface area contributed by atoms with Gasteiger partial charge in [-0.2, -0.15) is 0 Å². The Balaban J connectivity index is 2.22. The Morgan fingerprint density at radius 3 is 3.12 bits per heavy atom. The molecule has 0 radical (unpaired) electrons. The van der Waals surface area contributed by atoms with Crippen molar-refractivity contribution in [1.29, 1.82) is 0 Å². The molecule has 1 N–H and O–H groups in total. The third kappa shape index (κ3) is 2.11. The van der Waals surface area contributed by atoms with Gasteiger partial charge in [0.2, 0.25) is 5.65 Å². The molecule has 1 atom stereocenters. The summed E-state index contributed by atoms with van der Waals surface area (Å²) in [5.41, 5.74) is 0.732. The van der Waals surface area contributed by atoms with Crippen molar-refractivity contribution in [2.75, 3.05) is 18.5 Å². The highest BCUT2D eigenvalue weighted by molar-refractivity contribution is 5.62. The summed E-state index contributed by atoms with van der Waals surface area (Å²) in [5.74, 6) is 0.778. The Bertz CT molecular complexity index is 467. The van der Waals surface area contributed by atoms with E-state index in [-0.39, 0.29) is 6.10 Å². The Morgan fingerprint density at radius 2 is 2.38 bits per heavy atom. The maximum Gasteiger partial charge on any atom is 0.203 e. The van der Waals surface area contributed by atoms with E-state index in [0.717, 1.165) is 18.0 Å². The first-order valence-electron chi connectivity index (χ1n) is 5.22. The lowest BCUT2D eigenvalue weighted by atomic mass is 10.3. The van der Waals surface area contributed by atoms with E-state index in [1.807, 2.05) is 16.3 Å². The minimum Gasteiger partial charge on any atom is -0.393 e. The fourth-order valence-corrected chi connectivity index (χ4v) is 1.50. The summed E-state index contributed by atoms with van der Waals surface area (Å²) in [5, 5.41) is 17.1.